The summed E-state index contributed by atoms with van der Waals surface area (Å²) < 4.78 is 7.56. The van der Waals surface area contributed by atoms with Gasteiger partial charge in [-0.1, -0.05) is 13.0 Å². The van der Waals surface area contributed by atoms with Crippen molar-refractivity contribution >= 4 is 40.6 Å². The summed E-state index contributed by atoms with van der Waals surface area (Å²) in [6.07, 6.45) is 1.50. The van der Waals surface area contributed by atoms with E-state index in [-0.39, 0.29) is 41.4 Å². The van der Waals surface area contributed by atoms with Gasteiger partial charge in [0, 0.05) is 50.7 Å². The molecule has 11 nitrogen and oxygen atoms in total. The normalized spacial score (nSPS) is 14.9. The number of hydrogen-bond donors (Lipinski definition) is 2. The Balaban J connectivity index is 1.74. The molecular weight excluding hydrogens is 494 g/mol. The molecule has 0 aliphatic carbocycles. The van der Waals surface area contributed by atoms with E-state index < -0.39 is 5.91 Å². The van der Waals surface area contributed by atoms with Crippen LogP contribution < -0.4 is 30.1 Å². The van der Waals surface area contributed by atoms with Crippen LogP contribution in [-0.2, 0) is 16.1 Å². The van der Waals surface area contributed by atoms with Crippen LogP contribution in [0.1, 0.15) is 13.8 Å². The first-order chi connectivity index (χ1) is 17.9. The van der Waals surface area contributed by atoms with Crippen molar-refractivity contribution < 1.29 is 14.3 Å². The summed E-state index contributed by atoms with van der Waals surface area (Å²) in [5.41, 5.74) is 0.0576. The van der Waals surface area contributed by atoms with E-state index in [2.05, 4.69) is 22.5 Å². The van der Waals surface area contributed by atoms with Crippen molar-refractivity contribution in [1.29, 1.82) is 10.5 Å². The van der Waals surface area contributed by atoms with Crippen molar-refractivity contribution in [3.8, 4) is 17.9 Å². The lowest BCUT2D eigenvalue weighted by molar-refractivity contribution is -0.135. The summed E-state index contributed by atoms with van der Waals surface area (Å²) in [6, 6.07) is 10.6. The SMILES string of the molecule is CCN1CCN(C(=O)COc2cccc(N/C=c3/s/c(=C(/C#N)C(=O)NCC#N)n(CC)c3=O)c2)CC1. The van der Waals surface area contributed by atoms with Crippen molar-refractivity contribution in [1.82, 2.24) is 19.7 Å². The molecule has 0 spiro atoms. The summed E-state index contributed by atoms with van der Waals surface area (Å²) in [5.74, 6) is -0.264. The Morgan fingerprint density at radius 1 is 1.16 bits per heavy atom. The Hall–Kier alpha value is -4.13. The van der Waals surface area contributed by atoms with Crippen molar-refractivity contribution in [3.05, 3.63) is 43.8 Å². The number of carbonyl (C=O) groups excluding carboxylic acids is 2. The molecule has 0 bridgehead atoms. The number of anilines is 1. The second kappa shape index (κ2) is 13.3. The molecule has 0 unspecified atom stereocenters. The number of ether oxygens (including phenoxy) is 1. The van der Waals surface area contributed by atoms with Gasteiger partial charge in [0.15, 0.2) is 12.2 Å². The number of nitrogens with one attached hydrogen (secondary N) is 2. The van der Waals surface area contributed by atoms with Gasteiger partial charge in [-0.3, -0.25) is 19.0 Å². The zero-order valence-electron chi connectivity index (χ0n) is 20.8. The van der Waals surface area contributed by atoms with Gasteiger partial charge in [-0.25, -0.2) is 0 Å². The van der Waals surface area contributed by atoms with Gasteiger partial charge < -0.3 is 25.2 Å². The second-order valence-electron chi connectivity index (χ2n) is 8.07. The van der Waals surface area contributed by atoms with Crippen LogP contribution in [0.4, 0.5) is 5.69 Å². The average Bonchev–Trinajstić information content (AvgIpc) is 3.24. The zero-order chi connectivity index (χ0) is 26.8. The molecule has 3 rings (SSSR count). The zero-order valence-corrected chi connectivity index (χ0v) is 21.6. The van der Waals surface area contributed by atoms with Gasteiger partial charge in [0.2, 0.25) is 0 Å². The van der Waals surface area contributed by atoms with Crippen LogP contribution in [0.2, 0.25) is 0 Å². The predicted octanol–water partition coefficient (Wildman–Crippen LogP) is -0.363. The van der Waals surface area contributed by atoms with Gasteiger partial charge in [0.05, 0.1) is 6.07 Å². The number of likely N-dealkylation sites (N-methyl/N-ethyl adjacent to an activating group) is 1. The van der Waals surface area contributed by atoms with Crippen molar-refractivity contribution in [2.24, 2.45) is 0 Å². The highest BCUT2D eigenvalue weighted by molar-refractivity contribution is 7.07. The highest BCUT2D eigenvalue weighted by Crippen LogP contribution is 2.17. The molecule has 1 aliphatic heterocycles. The quantitative estimate of drug-likeness (QED) is 0.424. The fourth-order valence-electron chi connectivity index (χ4n) is 3.77. The monoisotopic (exact) mass is 523 g/mol. The largest absolute Gasteiger partial charge is 0.484 e. The molecule has 1 aromatic heterocycles. The lowest BCUT2D eigenvalue weighted by atomic mass is 10.3. The fourth-order valence-corrected chi connectivity index (χ4v) is 4.86. The summed E-state index contributed by atoms with van der Waals surface area (Å²) in [6.45, 7) is 7.88. The van der Waals surface area contributed by atoms with Crippen LogP contribution in [-0.4, -0.2) is 72.1 Å². The van der Waals surface area contributed by atoms with Crippen LogP contribution in [0.5, 0.6) is 5.75 Å². The number of hydrogen-bond acceptors (Lipinski definition) is 9. The fraction of sp³-hybridized carbons (Fsp3) is 0.400. The Labute approximate surface area is 218 Å². The molecule has 2 heterocycles. The topological polar surface area (TPSA) is 143 Å². The Bertz CT molecular complexity index is 1390. The lowest BCUT2D eigenvalue weighted by Crippen LogP contribution is -2.49. The number of thiazole rings is 1. The van der Waals surface area contributed by atoms with E-state index >= 15 is 0 Å². The van der Waals surface area contributed by atoms with E-state index in [1.807, 2.05) is 11.0 Å². The van der Waals surface area contributed by atoms with Crippen LogP contribution in [0.15, 0.2) is 29.1 Å². The minimum Gasteiger partial charge on any atom is -0.484 e. The van der Waals surface area contributed by atoms with E-state index in [1.54, 1.807) is 37.3 Å². The molecule has 2 amide bonds. The molecule has 194 valence electrons. The number of aromatic nitrogens is 1. The summed E-state index contributed by atoms with van der Waals surface area (Å²) in [7, 11) is 0. The standard InChI is InChI=1S/C25H29N7O4S/c1-3-30-10-12-31(13-11-30)22(33)17-36-19-7-5-6-18(14-19)29-16-21-24(35)32(4-2)25(37-21)20(15-27)23(34)28-9-8-26/h5-7,14,16,29H,3-4,9-13,17H2,1-2H3,(H,28,34)/b21-16+,25-20-. The first-order valence-corrected chi connectivity index (χ1v) is 12.7. The number of amides is 2. The minimum absolute atomic E-state index is 0.0599. The molecule has 0 saturated carbocycles. The van der Waals surface area contributed by atoms with Gasteiger partial charge >= 0.3 is 0 Å². The maximum atomic E-state index is 12.9. The van der Waals surface area contributed by atoms with E-state index in [0.29, 0.717) is 29.1 Å². The molecule has 1 saturated heterocycles. The number of nitriles is 2. The van der Waals surface area contributed by atoms with Crippen molar-refractivity contribution in [3.63, 3.8) is 0 Å². The Morgan fingerprint density at radius 2 is 1.92 bits per heavy atom. The third kappa shape index (κ3) is 6.97. The molecular formula is C25H29N7O4S. The number of benzene rings is 1. The molecule has 1 aliphatic rings. The first-order valence-electron chi connectivity index (χ1n) is 11.9. The molecule has 12 heteroatoms. The van der Waals surface area contributed by atoms with E-state index in [1.165, 1.54) is 10.8 Å². The molecule has 1 fully saturated rings. The summed E-state index contributed by atoms with van der Waals surface area (Å²) in [4.78, 5) is 41.7. The average molecular weight is 524 g/mol. The smallest absolute Gasteiger partial charge is 0.270 e. The van der Waals surface area contributed by atoms with Crippen molar-refractivity contribution in [2.45, 2.75) is 20.4 Å². The lowest BCUT2D eigenvalue weighted by Gasteiger charge is -2.33. The molecule has 37 heavy (non-hydrogen) atoms. The Morgan fingerprint density at radius 3 is 2.57 bits per heavy atom. The molecule has 2 N–H and O–H groups in total. The van der Waals surface area contributed by atoms with Gasteiger partial charge in [-0.15, -0.1) is 11.3 Å². The molecule has 0 atom stereocenters. The maximum absolute atomic E-state index is 12.9. The molecule has 1 aromatic carbocycles. The maximum Gasteiger partial charge on any atom is 0.270 e. The van der Waals surface area contributed by atoms with E-state index in [9.17, 15) is 19.6 Å². The number of piperazine rings is 1. The first kappa shape index (κ1) is 27.5. The van der Waals surface area contributed by atoms with Gasteiger partial charge in [-0.2, -0.15) is 10.5 Å². The van der Waals surface area contributed by atoms with Crippen LogP contribution in [0.25, 0.3) is 11.8 Å². The van der Waals surface area contributed by atoms with Crippen LogP contribution >= 0.6 is 11.3 Å². The summed E-state index contributed by atoms with van der Waals surface area (Å²) in [5, 5.41) is 23.5. The van der Waals surface area contributed by atoms with Crippen LogP contribution in [0.3, 0.4) is 0 Å². The third-order valence-corrected chi connectivity index (χ3v) is 6.97. The Kier molecular flexibility index (Phi) is 9.84. The molecule has 2 aromatic rings. The third-order valence-electron chi connectivity index (χ3n) is 5.84. The minimum atomic E-state index is -0.710. The number of nitrogens with zero attached hydrogens (tertiary/aromatic N) is 5. The van der Waals surface area contributed by atoms with Gasteiger partial charge in [0.25, 0.3) is 17.4 Å². The van der Waals surface area contributed by atoms with Gasteiger partial charge in [-0.05, 0) is 25.6 Å². The van der Waals surface area contributed by atoms with E-state index in [0.717, 1.165) is 31.0 Å². The predicted molar refractivity (Wildman–Crippen MR) is 140 cm³/mol. The number of rotatable bonds is 9. The van der Waals surface area contributed by atoms with Crippen molar-refractivity contribution in [2.75, 3.05) is 51.2 Å². The summed E-state index contributed by atoms with van der Waals surface area (Å²) >= 11 is 1.00. The molecule has 0 radical (unpaired) electrons. The van der Waals surface area contributed by atoms with Gasteiger partial charge in [0.1, 0.15) is 27.6 Å². The highest BCUT2D eigenvalue weighted by atomic mass is 32.1. The van der Waals surface area contributed by atoms with Crippen LogP contribution in [0, 0.1) is 22.7 Å². The van der Waals surface area contributed by atoms with E-state index in [4.69, 9.17) is 10.00 Å². The second-order valence-corrected chi connectivity index (χ2v) is 9.10. The number of carbonyl (C=O) groups is 2. The highest BCUT2D eigenvalue weighted by Gasteiger charge is 2.20.